The lowest BCUT2D eigenvalue weighted by Gasteiger charge is -2.08. The first kappa shape index (κ1) is 21.4. The maximum Gasteiger partial charge on any atom is 0.160 e. The lowest BCUT2D eigenvalue weighted by atomic mass is 10.0. The van der Waals surface area contributed by atoms with Gasteiger partial charge in [0.2, 0.25) is 0 Å². The minimum Gasteiger partial charge on any atom is -0.494 e. The van der Waals surface area contributed by atoms with Crippen molar-refractivity contribution in [1.29, 1.82) is 0 Å². The summed E-state index contributed by atoms with van der Waals surface area (Å²) in [4.78, 5) is 0. The van der Waals surface area contributed by atoms with Gasteiger partial charge in [0.25, 0.3) is 0 Å². The summed E-state index contributed by atoms with van der Waals surface area (Å²) in [6, 6.07) is 12.4. The van der Waals surface area contributed by atoms with Crippen LogP contribution in [0.1, 0.15) is 37.3 Å². The second kappa shape index (κ2) is 9.98. The van der Waals surface area contributed by atoms with Gasteiger partial charge < -0.3 is 4.74 Å². The molecule has 5 heteroatoms. The first-order chi connectivity index (χ1) is 14.5. The van der Waals surface area contributed by atoms with E-state index in [0.29, 0.717) is 23.5 Å². The molecule has 0 spiro atoms. The summed E-state index contributed by atoms with van der Waals surface area (Å²) in [5.74, 6) is 1.75. The Morgan fingerprint density at radius 2 is 1.40 bits per heavy atom. The zero-order chi connectivity index (χ0) is 21.5. The normalized spacial score (nSPS) is 10.4. The molecule has 3 aromatic carbocycles. The van der Waals surface area contributed by atoms with Gasteiger partial charge >= 0.3 is 0 Å². The maximum atomic E-state index is 14.5. The van der Waals surface area contributed by atoms with Gasteiger partial charge in [-0.1, -0.05) is 43.7 Å². The molecule has 3 aromatic rings. The predicted octanol–water partition coefficient (Wildman–Crippen LogP) is 6.88. The number of benzene rings is 3. The topological polar surface area (TPSA) is 9.23 Å². The molecule has 0 atom stereocenters. The van der Waals surface area contributed by atoms with E-state index < -0.39 is 28.8 Å². The number of halogens is 4. The van der Waals surface area contributed by atoms with Crippen molar-refractivity contribution in [2.45, 2.75) is 26.2 Å². The molecule has 0 amide bonds. The van der Waals surface area contributed by atoms with Gasteiger partial charge in [0.1, 0.15) is 17.4 Å². The zero-order valence-electron chi connectivity index (χ0n) is 16.4. The highest BCUT2D eigenvalue weighted by molar-refractivity contribution is 5.66. The Bertz CT molecular complexity index is 1060. The summed E-state index contributed by atoms with van der Waals surface area (Å²) in [5, 5.41) is 0. The molecule has 0 heterocycles. The predicted molar refractivity (Wildman–Crippen MR) is 109 cm³/mol. The van der Waals surface area contributed by atoms with Gasteiger partial charge in [0.05, 0.1) is 12.2 Å². The summed E-state index contributed by atoms with van der Waals surface area (Å²) in [6.45, 7) is 2.74. The second-order valence-corrected chi connectivity index (χ2v) is 6.77. The highest BCUT2D eigenvalue weighted by Crippen LogP contribution is 2.26. The fraction of sp³-hybridized carbons (Fsp3) is 0.200. The number of hydrogen-bond donors (Lipinski definition) is 0. The van der Waals surface area contributed by atoms with Gasteiger partial charge in [0.15, 0.2) is 11.6 Å². The van der Waals surface area contributed by atoms with Crippen LogP contribution in [0.5, 0.6) is 5.75 Å². The Hall–Kier alpha value is -3.26. The summed E-state index contributed by atoms with van der Waals surface area (Å²) < 4.78 is 60.8. The van der Waals surface area contributed by atoms with Gasteiger partial charge in [0, 0.05) is 5.56 Å². The lowest BCUT2D eigenvalue weighted by Crippen LogP contribution is -1.97. The number of ether oxygens (including phenoxy) is 1. The third kappa shape index (κ3) is 5.42. The molecule has 30 heavy (non-hydrogen) atoms. The number of hydrogen-bond acceptors (Lipinski definition) is 1. The van der Waals surface area contributed by atoms with E-state index >= 15 is 0 Å². The van der Waals surface area contributed by atoms with E-state index in [0.717, 1.165) is 31.4 Å². The quantitative estimate of drug-likeness (QED) is 0.244. The molecular weight excluding hydrogens is 392 g/mol. The second-order valence-electron chi connectivity index (χ2n) is 6.77. The van der Waals surface area contributed by atoms with Crippen LogP contribution in [0.15, 0.2) is 54.6 Å². The Labute approximate surface area is 173 Å². The minimum atomic E-state index is -1.07. The van der Waals surface area contributed by atoms with E-state index in [4.69, 9.17) is 4.74 Å². The molecule has 0 bridgehead atoms. The van der Waals surface area contributed by atoms with E-state index in [2.05, 4.69) is 18.8 Å². The van der Waals surface area contributed by atoms with Gasteiger partial charge in [-0.25, -0.2) is 17.6 Å². The molecule has 0 saturated carbocycles. The van der Waals surface area contributed by atoms with Crippen LogP contribution in [-0.4, -0.2) is 6.61 Å². The highest BCUT2D eigenvalue weighted by Gasteiger charge is 2.11. The Morgan fingerprint density at radius 3 is 2.03 bits per heavy atom. The number of unbranched alkanes of at least 4 members (excludes halogenated alkanes) is 2. The molecule has 0 aliphatic rings. The standard InChI is InChI=1S/C25H20F4O/c1-2-3-4-13-30-20-9-7-18(8-10-20)19-15-23(27)21(24(28)16-19)11-5-17-6-12-22(26)25(29)14-17/h6-10,12,14-16H,2-4,13H2,1H3. The van der Waals surface area contributed by atoms with Crippen LogP contribution in [0, 0.1) is 35.1 Å². The molecule has 1 nitrogen and oxygen atoms in total. The van der Waals surface area contributed by atoms with Crippen molar-refractivity contribution >= 4 is 0 Å². The van der Waals surface area contributed by atoms with Crippen molar-refractivity contribution in [3.63, 3.8) is 0 Å². The first-order valence-corrected chi connectivity index (χ1v) is 9.67. The fourth-order valence-corrected chi connectivity index (χ4v) is 2.85. The molecule has 0 fully saturated rings. The average Bonchev–Trinajstić information content (AvgIpc) is 2.73. The molecule has 3 rings (SSSR count). The molecule has 154 valence electrons. The molecular formula is C25H20F4O. The van der Waals surface area contributed by atoms with Crippen molar-refractivity contribution in [1.82, 2.24) is 0 Å². The molecule has 0 aromatic heterocycles. The Balaban J connectivity index is 1.78. The van der Waals surface area contributed by atoms with Crippen LogP contribution < -0.4 is 4.74 Å². The molecule has 0 aliphatic heterocycles. The van der Waals surface area contributed by atoms with E-state index in [-0.39, 0.29) is 5.56 Å². The molecule has 0 aliphatic carbocycles. The first-order valence-electron chi connectivity index (χ1n) is 9.67. The lowest BCUT2D eigenvalue weighted by molar-refractivity contribution is 0.306. The van der Waals surface area contributed by atoms with Crippen LogP contribution >= 0.6 is 0 Å². The van der Waals surface area contributed by atoms with Gasteiger partial charge in [-0.3, -0.25) is 0 Å². The van der Waals surface area contributed by atoms with Crippen molar-refractivity contribution in [2.75, 3.05) is 6.61 Å². The smallest absolute Gasteiger partial charge is 0.160 e. The van der Waals surface area contributed by atoms with Crippen LogP contribution in [-0.2, 0) is 0 Å². The fourth-order valence-electron chi connectivity index (χ4n) is 2.85. The average molecular weight is 412 g/mol. The maximum absolute atomic E-state index is 14.5. The summed E-state index contributed by atoms with van der Waals surface area (Å²) in [7, 11) is 0. The molecule has 0 unspecified atom stereocenters. The van der Waals surface area contributed by atoms with Crippen LogP contribution in [0.3, 0.4) is 0 Å². The number of rotatable bonds is 6. The van der Waals surface area contributed by atoms with Gasteiger partial charge in [-0.2, -0.15) is 0 Å². The van der Waals surface area contributed by atoms with Crippen LogP contribution in [0.2, 0.25) is 0 Å². The molecule has 0 N–H and O–H groups in total. The Kier molecular flexibility index (Phi) is 7.13. The van der Waals surface area contributed by atoms with Gasteiger partial charge in [-0.05, 0) is 60.0 Å². The zero-order valence-corrected chi connectivity index (χ0v) is 16.4. The van der Waals surface area contributed by atoms with E-state index in [1.807, 2.05) is 0 Å². The molecule has 0 saturated heterocycles. The van der Waals surface area contributed by atoms with E-state index in [9.17, 15) is 17.6 Å². The van der Waals surface area contributed by atoms with E-state index in [1.54, 1.807) is 24.3 Å². The molecule has 0 radical (unpaired) electrons. The third-order valence-electron chi connectivity index (χ3n) is 4.50. The van der Waals surface area contributed by atoms with Crippen LogP contribution in [0.25, 0.3) is 11.1 Å². The summed E-state index contributed by atoms with van der Waals surface area (Å²) >= 11 is 0. The highest BCUT2D eigenvalue weighted by atomic mass is 19.2. The van der Waals surface area contributed by atoms with Crippen LogP contribution in [0.4, 0.5) is 17.6 Å². The van der Waals surface area contributed by atoms with Gasteiger partial charge in [-0.15, -0.1) is 0 Å². The minimum absolute atomic E-state index is 0.117. The summed E-state index contributed by atoms with van der Waals surface area (Å²) in [5.41, 5.74) is 0.681. The largest absolute Gasteiger partial charge is 0.494 e. The van der Waals surface area contributed by atoms with Crippen molar-refractivity contribution in [3.8, 4) is 28.7 Å². The summed E-state index contributed by atoms with van der Waals surface area (Å²) in [6.07, 6.45) is 3.18. The van der Waals surface area contributed by atoms with Crippen molar-refractivity contribution < 1.29 is 22.3 Å². The SMILES string of the molecule is CCCCCOc1ccc(-c2cc(F)c(C#Cc3ccc(F)c(F)c3)c(F)c2)cc1. The Morgan fingerprint density at radius 1 is 0.700 bits per heavy atom. The van der Waals surface area contributed by atoms with Crippen molar-refractivity contribution in [2.24, 2.45) is 0 Å². The van der Waals surface area contributed by atoms with E-state index in [1.165, 1.54) is 18.2 Å². The third-order valence-corrected chi connectivity index (χ3v) is 4.50. The monoisotopic (exact) mass is 412 g/mol. The van der Waals surface area contributed by atoms with Crippen molar-refractivity contribution in [3.05, 3.63) is 89.0 Å².